The molecule has 4 nitrogen and oxygen atoms in total. The molecule has 0 aromatic heterocycles. The van der Waals surface area contributed by atoms with E-state index in [4.69, 9.17) is 5.73 Å². The second-order valence-electron chi connectivity index (χ2n) is 7.14. The van der Waals surface area contributed by atoms with E-state index >= 15 is 0 Å². The highest BCUT2D eigenvalue weighted by molar-refractivity contribution is 5.85. The van der Waals surface area contributed by atoms with Crippen molar-refractivity contribution in [1.29, 1.82) is 0 Å². The van der Waals surface area contributed by atoms with Gasteiger partial charge in [-0.3, -0.25) is 9.69 Å². The lowest BCUT2D eigenvalue weighted by atomic mass is 9.91. The van der Waals surface area contributed by atoms with Crippen molar-refractivity contribution in [3.63, 3.8) is 0 Å². The van der Waals surface area contributed by atoms with Crippen LogP contribution in [0.5, 0.6) is 0 Å². The second-order valence-corrected chi connectivity index (χ2v) is 7.14. The molecule has 2 heterocycles. The Morgan fingerprint density at radius 3 is 2.43 bits per heavy atom. The molecule has 2 fully saturated rings. The zero-order valence-corrected chi connectivity index (χ0v) is 14.6. The van der Waals surface area contributed by atoms with Crippen LogP contribution in [0.25, 0.3) is 0 Å². The van der Waals surface area contributed by atoms with Crippen LogP contribution in [0.4, 0.5) is 0 Å². The van der Waals surface area contributed by atoms with Gasteiger partial charge in [0.1, 0.15) is 0 Å². The summed E-state index contributed by atoms with van der Waals surface area (Å²) in [6.45, 7) is 10.0. The number of carbonyl (C=O) groups is 1. The van der Waals surface area contributed by atoms with Gasteiger partial charge in [-0.25, -0.2) is 0 Å². The Labute approximate surface area is 135 Å². The fourth-order valence-corrected chi connectivity index (χ4v) is 3.95. The third-order valence-corrected chi connectivity index (χ3v) is 4.83. The van der Waals surface area contributed by atoms with E-state index < -0.39 is 0 Å². The van der Waals surface area contributed by atoms with Gasteiger partial charge in [0, 0.05) is 25.2 Å². The first kappa shape index (κ1) is 18.7. The molecule has 2 N–H and O–H groups in total. The number of carbonyl (C=O) groups excluding carboxylic acids is 1. The minimum atomic E-state index is 0. The first-order valence-corrected chi connectivity index (χ1v) is 8.24. The number of likely N-dealkylation sites (tertiary alicyclic amines) is 2. The fraction of sp³-hybridized carbons (Fsp3) is 0.938. The Balaban J connectivity index is 0.00000220. The molecule has 21 heavy (non-hydrogen) atoms. The van der Waals surface area contributed by atoms with E-state index in [-0.39, 0.29) is 18.4 Å². The number of amides is 1. The van der Waals surface area contributed by atoms with Crippen molar-refractivity contribution in [2.75, 3.05) is 26.2 Å². The summed E-state index contributed by atoms with van der Waals surface area (Å²) in [5.41, 5.74) is 6.09. The third-order valence-electron chi connectivity index (χ3n) is 4.83. The SMILES string of the molecule is CC1CC(C)CN(C(=O)CN2CCCCC2C(C)N)C1.Cl. The Morgan fingerprint density at radius 2 is 1.86 bits per heavy atom. The van der Waals surface area contributed by atoms with E-state index in [1.807, 2.05) is 0 Å². The van der Waals surface area contributed by atoms with Crippen molar-refractivity contribution in [1.82, 2.24) is 9.80 Å². The number of nitrogens with two attached hydrogens (primary N) is 1. The highest BCUT2D eigenvalue weighted by atomic mass is 35.5. The summed E-state index contributed by atoms with van der Waals surface area (Å²) >= 11 is 0. The predicted octanol–water partition coefficient (Wildman–Crippen LogP) is 2.11. The van der Waals surface area contributed by atoms with Crippen molar-refractivity contribution in [3.8, 4) is 0 Å². The molecule has 0 aromatic carbocycles. The fourth-order valence-electron chi connectivity index (χ4n) is 3.95. The molecule has 4 atom stereocenters. The monoisotopic (exact) mass is 317 g/mol. The summed E-state index contributed by atoms with van der Waals surface area (Å²) in [7, 11) is 0. The van der Waals surface area contributed by atoms with Crippen molar-refractivity contribution in [3.05, 3.63) is 0 Å². The predicted molar refractivity (Wildman–Crippen MR) is 89.6 cm³/mol. The molecule has 4 unspecified atom stereocenters. The lowest BCUT2D eigenvalue weighted by Gasteiger charge is -2.40. The summed E-state index contributed by atoms with van der Waals surface area (Å²) in [6.07, 6.45) is 4.83. The van der Waals surface area contributed by atoms with Gasteiger partial charge in [0.2, 0.25) is 5.91 Å². The van der Waals surface area contributed by atoms with Crippen LogP contribution in [0.15, 0.2) is 0 Å². The van der Waals surface area contributed by atoms with E-state index in [1.165, 1.54) is 19.3 Å². The average Bonchev–Trinajstić information content (AvgIpc) is 2.37. The van der Waals surface area contributed by atoms with Crippen molar-refractivity contribution in [2.24, 2.45) is 17.6 Å². The van der Waals surface area contributed by atoms with Crippen molar-refractivity contribution >= 4 is 18.3 Å². The van der Waals surface area contributed by atoms with Crippen molar-refractivity contribution < 1.29 is 4.79 Å². The molecule has 2 rings (SSSR count). The molecule has 2 aliphatic heterocycles. The zero-order valence-electron chi connectivity index (χ0n) is 13.8. The van der Waals surface area contributed by atoms with Crippen LogP contribution in [0.3, 0.4) is 0 Å². The topological polar surface area (TPSA) is 49.6 Å². The largest absolute Gasteiger partial charge is 0.341 e. The van der Waals surface area contributed by atoms with Gasteiger partial charge in [0.15, 0.2) is 0 Å². The van der Waals surface area contributed by atoms with Crippen LogP contribution in [0.2, 0.25) is 0 Å². The summed E-state index contributed by atoms with van der Waals surface area (Å²) in [5, 5.41) is 0. The van der Waals surface area contributed by atoms with Crippen LogP contribution < -0.4 is 5.73 Å². The molecule has 0 bridgehead atoms. The number of rotatable bonds is 3. The number of hydrogen-bond donors (Lipinski definition) is 1. The van der Waals surface area contributed by atoms with Crippen molar-refractivity contribution in [2.45, 2.75) is 58.5 Å². The third kappa shape index (κ3) is 5.11. The van der Waals surface area contributed by atoms with Gasteiger partial charge in [-0.05, 0) is 44.6 Å². The summed E-state index contributed by atoms with van der Waals surface area (Å²) < 4.78 is 0. The lowest BCUT2D eigenvalue weighted by molar-refractivity contribution is -0.136. The molecule has 2 saturated heterocycles. The van der Waals surface area contributed by atoms with Gasteiger partial charge < -0.3 is 10.6 Å². The molecule has 0 radical (unpaired) electrons. The standard InChI is InChI=1S/C16H31N3O.ClH/c1-12-8-13(2)10-19(9-12)16(20)11-18-7-5-4-6-15(18)14(3)17;/h12-15H,4-11,17H2,1-3H3;1H. The number of nitrogens with zero attached hydrogens (tertiary/aromatic N) is 2. The average molecular weight is 318 g/mol. The molecule has 0 saturated carbocycles. The zero-order chi connectivity index (χ0) is 14.7. The Kier molecular flexibility index (Phi) is 7.45. The van der Waals surface area contributed by atoms with Crippen LogP contribution in [0, 0.1) is 11.8 Å². The molecule has 2 aliphatic rings. The lowest BCUT2D eigenvalue weighted by Crippen LogP contribution is -2.54. The minimum Gasteiger partial charge on any atom is -0.341 e. The van der Waals surface area contributed by atoms with Crippen LogP contribution >= 0.6 is 12.4 Å². The molecular weight excluding hydrogens is 286 g/mol. The van der Waals surface area contributed by atoms with E-state index in [0.29, 0.717) is 30.3 Å². The summed E-state index contributed by atoms with van der Waals surface area (Å²) in [5.74, 6) is 1.57. The maximum absolute atomic E-state index is 12.6. The van der Waals surface area contributed by atoms with Crippen LogP contribution in [0.1, 0.15) is 46.5 Å². The Bertz CT molecular complexity index is 327. The normalized spacial score (nSPS) is 32.4. The summed E-state index contributed by atoms with van der Waals surface area (Å²) in [4.78, 5) is 17.0. The number of halogens is 1. The van der Waals surface area contributed by atoms with Gasteiger partial charge >= 0.3 is 0 Å². The first-order valence-electron chi connectivity index (χ1n) is 8.24. The molecule has 0 aliphatic carbocycles. The van der Waals surface area contributed by atoms with Gasteiger partial charge in [-0.15, -0.1) is 12.4 Å². The van der Waals surface area contributed by atoms with Gasteiger partial charge in [-0.2, -0.15) is 0 Å². The maximum atomic E-state index is 12.6. The van der Waals surface area contributed by atoms with Gasteiger partial charge in [-0.1, -0.05) is 20.3 Å². The molecule has 124 valence electrons. The van der Waals surface area contributed by atoms with E-state index in [1.54, 1.807) is 0 Å². The highest BCUT2D eigenvalue weighted by Gasteiger charge is 2.30. The van der Waals surface area contributed by atoms with Crippen LogP contribution in [-0.2, 0) is 4.79 Å². The molecule has 5 heteroatoms. The minimum absolute atomic E-state index is 0. The van der Waals surface area contributed by atoms with Gasteiger partial charge in [0.25, 0.3) is 0 Å². The molecule has 0 aromatic rings. The Hall–Kier alpha value is -0.320. The summed E-state index contributed by atoms with van der Waals surface area (Å²) in [6, 6.07) is 0.537. The number of hydrogen-bond acceptors (Lipinski definition) is 3. The maximum Gasteiger partial charge on any atom is 0.236 e. The first-order chi connectivity index (χ1) is 9.47. The van der Waals surface area contributed by atoms with E-state index in [0.717, 1.165) is 26.1 Å². The van der Waals surface area contributed by atoms with E-state index in [2.05, 4.69) is 30.6 Å². The molecule has 0 spiro atoms. The second kappa shape index (κ2) is 8.35. The van der Waals surface area contributed by atoms with E-state index in [9.17, 15) is 4.79 Å². The quantitative estimate of drug-likeness (QED) is 0.867. The smallest absolute Gasteiger partial charge is 0.236 e. The van der Waals surface area contributed by atoms with Crippen LogP contribution in [-0.4, -0.2) is 54.0 Å². The highest BCUT2D eigenvalue weighted by Crippen LogP contribution is 2.23. The Morgan fingerprint density at radius 1 is 1.24 bits per heavy atom. The molecular formula is C16H32ClN3O. The number of piperidine rings is 2. The van der Waals surface area contributed by atoms with Gasteiger partial charge in [0.05, 0.1) is 6.54 Å². The molecule has 1 amide bonds.